The average Bonchev–Trinajstić information content (AvgIpc) is 2.95. The topological polar surface area (TPSA) is 96.0 Å². The second kappa shape index (κ2) is 13.7. The summed E-state index contributed by atoms with van der Waals surface area (Å²) in [7, 11) is -2.64. The summed E-state index contributed by atoms with van der Waals surface area (Å²) in [5.41, 5.74) is 1.82. The van der Waals surface area contributed by atoms with Crippen molar-refractivity contribution in [3.8, 4) is 5.75 Å². The lowest BCUT2D eigenvalue weighted by molar-refractivity contribution is -0.139. The molecule has 0 saturated carbocycles. The standard InChI is InChI=1S/C30H36ClN3O5S/c1-6-22(3)32-30(36)23(4)33(19-24-9-7-8-10-28(24)31)29(35)20-34(25-13-15-26(39-5)16-14-25)40(37,38)27-17-11-21(2)12-18-27/h7-18,22-23H,6,19-20H2,1-5H3,(H,32,36)/t22-,23-/m0/s1. The molecule has 0 saturated heterocycles. The highest BCUT2D eigenvalue weighted by molar-refractivity contribution is 7.92. The minimum atomic E-state index is -4.15. The maximum absolute atomic E-state index is 14.0. The number of sulfonamides is 1. The van der Waals surface area contributed by atoms with Crippen LogP contribution in [0.2, 0.25) is 5.02 Å². The van der Waals surface area contributed by atoms with E-state index in [9.17, 15) is 18.0 Å². The molecule has 3 rings (SSSR count). The van der Waals surface area contributed by atoms with Crippen molar-refractivity contribution in [3.05, 3.63) is 88.9 Å². The van der Waals surface area contributed by atoms with Gasteiger partial charge in [-0.3, -0.25) is 13.9 Å². The Kier molecular flexibility index (Phi) is 10.6. The molecule has 0 aliphatic rings. The van der Waals surface area contributed by atoms with Crippen LogP contribution < -0.4 is 14.4 Å². The first-order chi connectivity index (χ1) is 19.0. The van der Waals surface area contributed by atoms with Crippen molar-refractivity contribution >= 4 is 39.1 Å². The van der Waals surface area contributed by atoms with E-state index >= 15 is 0 Å². The van der Waals surface area contributed by atoms with E-state index in [1.165, 1.54) is 24.1 Å². The Labute approximate surface area is 241 Å². The van der Waals surface area contributed by atoms with Crippen LogP contribution in [0.3, 0.4) is 0 Å². The van der Waals surface area contributed by atoms with Crippen LogP contribution in [0, 0.1) is 6.92 Å². The molecule has 10 heteroatoms. The first-order valence-electron chi connectivity index (χ1n) is 13.0. The number of benzene rings is 3. The maximum Gasteiger partial charge on any atom is 0.264 e. The molecule has 0 spiro atoms. The van der Waals surface area contributed by atoms with Crippen LogP contribution in [0.25, 0.3) is 0 Å². The normalized spacial score (nSPS) is 12.8. The van der Waals surface area contributed by atoms with E-state index < -0.39 is 28.5 Å². The highest BCUT2D eigenvalue weighted by Crippen LogP contribution is 2.27. The summed E-state index contributed by atoms with van der Waals surface area (Å²) in [6.07, 6.45) is 0.719. The van der Waals surface area contributed by atoms with Gasteiger partial charge in [-0.25, -0.2) is 8.42 Å². The van der Waals surface area contributed by atoms with E-state index in [4.69, 9.17) is 16.3 Å². The van der Waals surface area contributed by atoms with Crippen molar-refractivity contribution in [1.29, 1.82) is 0 Å². The minimum Gasteiger partial charge on any atom is -0.497 e. The van der Waals surface area contributed by atoms with Crippen LogP contribution >= 0.6 is 11.6 Å². The van der Waals surface area contributed by atoms with Crippen molar-refractivity contribution in [3.63, 3.8) is 0 Å². The predicted molar refractivity (Wildman–Crippen MR) is 158 cm³/mol. The second-order valence-corrected chi connectivity index (χ2v) is 11.9. The lowest BCUT2D eigenvalue weighted by Crippen LogP contribution is -2.52. The molecule has 0 heterocycles. The van der Waals surface area contributed by atoms with Crippen LogP contribution in [0.4, 0.5) is 5.69 Å². The largest absolute Gasteiger partial charge is 0.497 e. The molecule has 214 valence electrons. The molecule has 3 aromatic rings. The van der Waals surface area contributed by atoms with Gasteiger partial charge in [0, 0.05) is 17.6 Å². The SMILES string of the molecule is CC[C@H](C)NC(=O)[C@H](C)N(Cc1ccccc1Cl)C(=O)CN(c1ccc(OC)cc1)S(=O)(=O)c1ccc(C)cc1. The number of amides is 2. The fourth-order valence-electron chi connectivity index (χ4n) is 3.97. The zero-order chi connectivity index (χ0) is 29.4. The van der Waals surface area contributed by atoms with Gasteiger partial charge in [0.25, 0.3) is 10.0 Å². The van der Waals surface area contributed by atoms with E-state index in [0.717, 1.165) is 16.3 Å². The Hall–Kier alpha value is -3.56. The zero-order valence-corrected chi connectivity index (χ0v) is 25.0. The van der Waals surface area contributed by atoms with Gasteiger partial charge in [0.05, 0.1) is 17.7 Å². The van der Waals surface area contributed by atoms with Gasteiger partial charge in [0.15, 0.2) is 0 Å². The van der Waals surface area contributed by atoms with Crippen LogP contribution in [0.5, 0.6) is 5.75 Å². The number of hydrogen-bond acceptors (Lipinski definition) is 5. The van der Waals surface area contributed by atoms with Crippen molar-refractivity contribution in [2.75, 3.05) is 18.0 Å². The summed E-state index contributed by atoms with van der Waals surface area (Å²) in [6, 6.07) is 18.9. The fraction of sp³-hybridized carbons (Fsp3) is 0.333. The summed E-state index contributed by atoms with van der Waals surface area (Å²) >= 11 is 6.40. The summed E-state index contributed by atoms with van der Waals surface area (Å²) in [6.45, 7) is 6.80. The molecule has 3 aromatic carbocycles. The summed E-state index contributed by atoms with van der Waals surface area (Å²) in [5, 5.41) is 3.35. The summed E-state index contributed by atoms with van der Waals surface area (Å²) < 4.78 is 34.0. The third kappa shape index (κ3) is 7.55. The third-order valence-corrected chi connectivity index (χ3v) is 8.87. The maximum atomic E-state index is 14.0. The Morgan fingerprint density at radius 2 is 1.60 bits per heavy atom. The number of hydrogen-bond donors (Lipinski definition) is 1. The Morgan fingerprint density at radius 1 is 0.975 bits per heavy atom. The molecule has 0 fully saturated rings. The number of rotatable bonds is 12. The molecule has 40 heavy (non-hydrogen) atoms. The van der Waals surface area contributed by atoms with Crippen LogP contribution in [0.15, 0.2) is 77.7 Å². The number of carbonyl (C=O) groups is 2. The van der Waals surface area contributed by atoms with Crippen LogP contribution in [0.1, 0.15) is 38.3 Å². The zero-order valence-electron chi connectivity index (χ0n) is 23.4. The Balaban J connectivity index is 2.04. The monoisotopic (exact) mass is 585 g/mol. The molecule has 2 atom stereocenters. The highest BCUT2D eigenvalue weighted by atomic mass is 35.5. The van der Waals surface area contributed by atoms with Gasteiger partial charge in [0.2, 0.25) is 11.8 Å². The fourth-order valence-corrected chi connectivity index (χ4v) is 5.58. The Bertz CT molecular complexity index is 1410. The predicted octanol–water partition coefficient (Wildman–Crippen LogP) is 5.18. The molecule has 1 N–H and O–H groups in total. The number of nitrogens with one attached hydrogen (secondary N) is 1. The van der Waals surface area contributed by atoms with Gasteiger partial charge in [-0.1, -0.05) is 54.4 Å². The smallest absolute Gasteiger partial charge is 0.264 e. The number of methoxy groups -OCH3 is 1. The molecule has 0 unspecified atom stereocenters. The number of carbonyl (C=O) groups excluding carboxylic acids is 2. The number of ether oxygens (including phenoxy) is 1. The van der Waals surface area contributed by atoms with Gasteiger partial charge in [-0.05, 0) is 75.2 Å². The van der Waals surface area contributed by atoms with Crippen LogP contribution in [-0.4, -0.2) is 50.9 Å². The number of halogens is 1. The van der Waals surface area contributed by atoms with E-state index in [1.54, 1.807) is 67.6 Å². The van der Waals surface area contributed by atoms with Crippen molar-refractivity contribution in [2.45, 2.75) is 57.6 Å². The first-order valence-corrected chi connectivity index (χ1v) is 14.9. The van der Waals surface area contributed by atoms with Gasteiger partial charge in [-0.15, -0.1) is 0 Å². The molecule has 2 amide bonds. The molecular weight excluding hydrogens is 550 g/mol. The molecular formula is C30H36ClN3O5S. The molecule has 0 bridgehead atoms. The van der Waals surface area contributed by atoms with Gasteiger partial charge in [0.1, 0.15) is 18.3 Å². The van der Waals surface area contributed by atoms with Gasteiger partial charge in [-0.2, -0.15) is 0 Å². The first kappa shape index (κ1) is 31.0. The summed E-state index contributed by atoms with van der Waals surface area (Å²) in [5.74, 6) is -0.358. The third-order valence-electron chi connectivity index (χ3n) is 6.72. The van der Waals surface area contributed by atoms with Crippen LogP contribution in [-0.2, 0) is 26.2 Å². The van der Waals surface area contributed by atoms with E-state index in [1.807, 2.05) is 20.8 Å². The summed E-state index contributed by atoms with van der Waals surface area (Å²) in [4.78, 5) is 28.5. The second-order valence-electron chi connectivity index (χ2n) is 9.63. The van der Waals surface area contributed by atoms with Gasteiger partial charge < -0.3 is 15.0 Å². The number of nitrogens with zero attached hydrogens (tertiary/aromatic N) is 2. The quantitative estimate of drug-likeness (QED) is 0.316. The van der Waals surface area contributed by atoms with E-state index in [-0.39, 0.29) is 29.1 Å². The number of aryl methyl sites for hydroxylation is 1. The Morgan fingerprint density at radius 3 is 2.17 bits per heavy atom. The average molecular weight is 586 g/mol. The molecule has 0 aliphatic carbocycles. The van der Waals surface area contributed by atoms with Gasteiger partial charge >= 0.3 is 0 Å². The lowest BCUT2D eigenvalue weighted by atomic mass is 10.1. The molecule has 0 aliphatic heterocycles. The number of anilines is 1. The van der Waals surface area contributed by atoms with E-state index in [2.05, 4.69) is 5.32 Å². The lowest BCUT2D eigenvalue weighted by Gasteiger charge is -2.32. The molecule has 0 radical (unpaired) electrons. The highest BCUT2D eigenvalue weighted by Gasteiger charge is 2.33. The van der Waals surface area contributed by atoms with Crippen molar-refractivity contribution in [2.24, 2.45) is 0 Å². The molecule has 8 nitrogen and oxygen atoms in total. The van der Waals surface area contributed by atoms with Crippen molar-refractivity contribution in [1.82, 2.24) is 10.2 Å². The molecule has 0 aromatic heterocycles. The minimum absolute atomic E-state index is 0.0225. The van der Waals surface area contributed by atoms with Crippen molar-refractivity contribution < 1.29 is 22.7 Å². The van der Waals surface area contributed by atoms with E-state index in [0.29, 0.717) is 16.3 Å².